The van der Waals surface area contributed by atoms with Gasteiger partial charge >= 0.3 is 6.41 Å². The molecule has 0 rings (SSSR count). The summed E-state index contributed by atoms with van der Waals surface area (Å²) in [5.41, 5.74) is 0. The molecule has 1 amide bonds. The Hall–Kier alpha value is -0.530. The number of hydrogen-bond donors (Lipinski definition) is 1. The molecule has 70 valence electrons. The number of rotatable bonds is 9. The first-order valence-electron chi connectivity index (χ1n) is 4.81. The summed E-state index contributed by atoms with van der Waals surface area (Å²) in [6.07, 6.45) is 10.2. The average Bonchev–Trinajstić information content (AvgIpc) is 2.10. The van der Waals surface area contributed by atoms with Crippen LogP contribution in [-0.4, -0.2) is 13.0 Å². The van der Waals surface area contributed by atoms with Crippen molar-refractivity contribution < 1.29 is 4.79 Å². The Bertz CT molecular complexity index is 93.8. The van der Waals surface area contributed by atoms with Crippen LogP contribution in [-0.2, 0) is 4.79 Å². The van der Waals surface area contributed by atoms with Gasteiger partial charge in [-0.1, -0.05) is 45.4 Å². The molecule has 0 aliphatic rings. The van der Waals surface area contributed by atoms with Crippen LogP contribution in [0, 0.1) is 6.92 Å². The van der Waals surface area contributed by atoms with Crippen molar-refractivity contribution in [3.63, 3.8) is 0 Å². The molecule has 0 spiro atoms. The largest absolute Gasteiger partial charge is 0.348 e. The third-order valence-corrected chi connectivity index (χ3v) is 1.87. The third kappa shape index (κ3) is 9.47. The van der Waals surface area contributed by atoms with Gasteiger partial charge in [-0.15, -0.1) is 0 Å². The molecule has 0 unspecified atom stereocenters. The Morgan fingerprint density at radius 3 is 2.17 bits per heavy atom. The Labute approximate surface area is 75.7 Å². The van der Waals surface area contributed by atoms with Crippen molar-refractivity contribution in [1.29, 1.82) is 0 Å². The van der Waals surface area contributed by atoms with Gasteiger partial charge in [0.1, 0.15) is 0 Å². The lowest BCUT2D eigenvalue weighted by Gasteiger charge is -1.99. The molecule has 2 nitrogen and oxygen atoms in total. The van der Waals surface area contributed by atoms with Crippen molar-refractivity contribution in [3.05, 3.63) is 6.92 Å². The van der Waals surface area contributed by atoms with Crippen LogP contribution in [0.5, 0.6) is 0 Å². The van der Waals surface area contributed by atoms with Crippen LogP contribution in [0.2, 0.25) is 0 Å². The maximum Gasteiger partial charge on any atom is 0.309 e. The molecule has 0 aliphatic carbocycles. The fourth-order valence-electron chi connectivity index (χ4n) is 1.15. The second kappa shape index (κ2) is 10.5. The van der Waals surface area contributed by atoms with E-state index in [2.05, 4.69) is 12.2 Å². The van der Waals surface area contributed by atoms with E-state index in [1.807, 2.05) is 0 Å². The summed E-state index contributed by atoms with van der Waals surface area (Å²) < 4.78 is 0. The van der Waals surface area contributed by atoms with Gasteiger partial charge in [0, 0.05) is 6.54 Å². The van der Waals surface area contributed by atoms with Crippen LogP contribution in [0.25, 0.3) is 0 Å². The Morgan fingerprint density at radius 1 is 1.00 bits per heavy atom. The number of amides is 1. The summed E-state index contributed by atoms with van der Waals surface area (Å²) in [6, 6.07) is 0. The first-order chi connectivity index (χ1) is 5.91. The van der Waals surface area contributed by atoms with Gasteiger partial charge < -0.3 is 5.32 Å². The SMILES string of the molecule is [CH2]CCCCCCCCN[C]=O. The minimum absolute atomic E-state index is 0.777. The van der Waals surface area contributed by atoms with E-state index in [0.717, 1.165) is 19.4 Å². The standard InChI is InChI=1S/C10H19NO/c1-2-3-4-5-6-7-8-9-11-10-12/h1-9H2,(H,11,12). The molecule has 0 atom stereocenters. The van der Waals surface area contributed by atoms with Crippen LogP contribution < -0.4 is 5.32 Å². The smallest absolute Gasteiger partial charge is 0.309 e. The number of unbranched alkanes of at least 4 members (excludes halogenated alkanes) is 6. The lowest BCUT2D eigenvalue weighted by molar-refractivity contribution is 0.534. The van der Waals surface area contributed by atoms with Gasteiger partial charge in [0.2, 0.25) is 0 Å². The summed E-state index contributed by atoms with van der Waals surface area (Å²) in [4.78, 5) is 9.74. The summed E-state index contributed by atoms with van der Waals surface area (Å²) in [5, 5.41) is 2.53. The van der Waals surface area contributed by atoms with Crippen LogP contribution in [0.4, 0.5) is 0 Å². The van der Waals surface area contributed by atoms with E-state index >= 15 is 0 Å². The lowest BCUT2D eigenvalue weighted by Crippen LogP contribution is -2.11. The predicted octanol–water partition coefficient (Wildman–Crippen LogP) is 2.21. The minimum atomic E-state index is 0.777. The molecule has 12 heavy (non-hydrogen) atoms. The number of hydrogen-bond acceptors (Lipinski definition) is 1. The summed E-state index contributed by atoms with van der Waals surface area (Å²) in [5.74, 6) is 0. The molecule has 1 N–H and O–H groups in total. The third-order valence-electron chi connectivity index (χ3n) is 1.87. The van der Waals surface area contributed by atoms with Gasteiger partial charge in [-0.05, 0) is 6.42 Å². The van der Waals surface area contributed by atoms with E-state index in [4.69, 9.17) is 0 Å². The summed E-state index contributed by atoms with van der Waals surface area (Å²) in [7, 11) is 0. The molecule has 2 radical (unpaired) electrons. The first-order valence-corrected chi connectivity index (χ1v) is 4.81. The van der Waals surface area contributed by atoms with Crippen LogP contribution in [0.3, 0.4) is 0 Å². The normalized spacial score (nSPS) is 9.75. The summed E-state index contributed by atoms with van der Waals surface area (Å²) in [6.45, 7) is 4.57. The van der Waals surface area contributed by atoms with Gasteiger partial charge in [0.15, 0.2) is 0 Å². The molecule has 0 saturated carbocycles. The van der Waals surface area contributed by atoms with Gasteiger partial charge in [0.05, 0.1) is 0 Å². The molecule has 0 aromatic rings. The number of nitrogens with one attached hydrogen (secondary N) is 1. The molecule has 2 heteroatoms. The summed E-state index contributed by atoms with van der Waals surface area (Å²) >= 11 is 0. The van der Waals surface area contributed by atoms with Crippen molar-refractivity contribution in [2.75, 3.05) is 6.54 Å². The van der Waals surface area contributed by atoms with E-state index in [1.165, 1.54) is 32.1 Å². The molecule has 0 fully saturated rings. The molecule has 0 aromatic heterocycles. The maximum absolute atomic E-state index is 9.74. The second-order valence-corrected chi connectivity index (χ2v) is 3.00. The van der Waals surface area contributed by atoms with E-state index in [1.54, 1.807) is 6.41 Å². The average molecular weight is 169 g/mol. The zero-order valence-corrected chi connectivity index (χ0v) is 7.77. The van der Waals surface area contributed by atoms with Crippen molar-refractivity contribution >= 4 is 6.41 Å². The Kier molecular flexibility index (Phi) is 10.0. The first kappa shape index (κ1) is 11.5. The highest BCUT2D eigenvalue weighted by molar-refractivity contribution is 5.46. The molecule has 0 saturated heterocycles. The van der Waals surface area contributed by atoms with E-state index in [0.29, 0.717) is 0 Å². The fourth-order valence-corrected chi connectivity index (χ4v) is 1.15. The molecule has 0 aromatic carbocycles. The maximum atomic E-state index is 9.74. The Morgan fingerprint density at radius 2 is 1.58 bits per heavy atom. The monoisotopic (exact) mass is 169 g/mol. The predicted molar refractivity (Wildman–Crippen MR) is 51.4 cm³/mol. The van der Waals surface area contributed by atoms with Crippen LogP contribution in [0.1, 0.15) is 44.9 Å². The second-order valence-electron chi connectivity index (χ2n) is 3.00. The topological polar surface area (TPSA) is 29.1 Å². The van der Waals surface area contributed by atoms with Crippen molar-refractivity contribution in [2.45, 2.75) is 44.9 Å². The van der Waals surface area contributed by atoms with Crippen LogP contribution in [0.15, 0.2) is 0 Å². The van der Waals surface area contributed by atoms with E-state index in [-0.39, 0.29) is 0 Å². The van der Waals surface area contributed by atoms with Crippen molar-refractivity contribution in [3.8, 4) is 0 Å². The van der Waals surface area contributed by atoms with Crippen molar-refractivity contribution in [1.82, 2.24) is 5.32 Å². The van der Waals surface area contributed by atoms with Crippen LogP contribution >= 0.6 is 0 Å². The Balaban J connectivity index is 2.77. The van der Waals surface area contributed by atoms with Gasteiger partial charge in [-0.3, -0.25) is 4.79 Å². The van der Waals surface area contributed by atoms with Gasteiger partial charge in [-0.25, -0.2) is 0 Å². The number of carbonyl (C=O) groups excluding carboxylic acids is 1. The van der Waals surface area contributed by atoms with Gasteiger partial charge in [-0.2, -0.15) is 0 Å². The zero-order valence-electron chi connectivity index (χ0n) is 7.77. The minimum Gasteiger partial charge on any atom is -0.348 e. The zero-order chi connectivity index (χ0) is 9.07. The quantitative estimate of drug-likeness (QED) is 0.416. The molecule has 0 bridgehead atoms. The highest BCUT2D eigenvalue weighted by Gasteiger charge is 1.89. The van der Waals surface area contributed by atoms with Crippen molar-refractivity contribution in [2.24, 2.45) is 0 Å². The molecule has 0 aliphatic heterocycles. The molecule has 0 heterocycles. The molecular weight excluding hydrogens is 150 g/mol. The van der Waals surface area contributed by atoms with E-state index < -0.39 is 0 Å². The van der Waals surface area contributed by atoms with Gasteiger partial charge in [0.25, 0.3) is 0 Å². The molecular formula is C10H19NO. The fraction of sp³-hybridized carbons (Fsp3) is 0.800. The highest BCUT2D eigenvalue weighted by atomic mass is 16.1. The van der Waals surface area contributed by atoms with E-state index in [9.17, 15) is 4.79 Å². The highest BCUT2D eigenvalue weighted by Crippen LogP contribution is 2.05. The lowest BCUT2D eigenvalue weighted by atomic mass is 10.1.